The van der Waals surface area contributed by atoms with Gasteiger partial charge in [0.15, 0.2) is 0 Å². The first-order valence-electron chi connectivity index (χ1n) is 12.3. The summed E-state index contributed by atoms with van der Waals surface area (Å²) in [6, 6.07) is 11.7. The van der Waals surface area contributed by atoms with Crippen LogP contribution < -0.4 is 4.74 Å². The second-order valence-corrected chi connectivity index (χ2v) is 9.19. The van der Waals surface area contributed by atoms with Crippen molar-refractivity contribution in [1.82, 2.24) is 9.80 Å². The number of rotatable bonds is 11. The molecule has 0 radical (unpaired) electrons. The number of hydrogen-bond donors (Lipinski definition) is 1. The number of benzene rings is 2. The molecule has 0 saturated carbocycles. The molecule has 188 valence electrons. The van der Waals surface area contributed by atoms with Crippen LogP contribution in [0.2, 0.25) is 5.02 Å². The number of carbonyl (C=O) groups is 2. The zero-order valence-corrected chi connectivity index (χ0v) is 21.8. The molecule has 3 rings (SSSR count). The van der Waals surface area contributed by atoms with Gasteiger partial charge in [0, 0.05) is 23.7 Å². The van der Waals surface area contributed by atoms with Crippen molar-refractivity contribution in [3.63, 3.8) is 0 Å². The number of aryl methyl sites for hydroxylation is 1. The Kier molecular flexibility index (Phi) is 9.35. The zero-order chi connectivity index (χ0) is 25.5. The molecular formula is C28H35ClN2O4. The molecule has 1 heterocycles. The Bertz CT molecular complexity index is 1080. The molecule has 0 bridgehead atoms. The van der Waals surface area contributed by atoms with E-state index >= 15 is 0 Å². The molecule has 1 aliphatic rings. The average molecular weight is 499 g/mol. The van der Waals surface area contributed by atoms with E-state index in [1.807, 2.05) is 6.92 Å². The maximum Gasteiger partial charge on any atom is 0.295 e. The minimum Gasteiger partial charge on any atom is -0.507 e. The van der Waals surface area contributed by atoms with Crippen LogP contribution in [-0.2, 0) is 9.59 Å². The van der Waals surface area contributed by atoms with Crippen LogP contribution in [0.1, 0.15) is 56.3 Å². The number of aliphatic hydroxyl groups is 1. The van der Waals surface area contributed by atoms with Crippen LogP contribution in [0.4, 0.5) is 0 Å². The summed E-state index contributed by atoms with van der Waals surface area (Å²) < 4.78 is 5.83. The van der Waals surface area contributed by atoms with Gasteiger partial charge in [0.2, 0.25) is 0 Å². The van der Waals surface area contributed by atoms with Crippen LogP contribution in [0.15, 0.2) is 48.0 Å². The standard InChI is InChI=1S/C28H35ClN2O4/c1-5-8-17-35-23-14-11-21(18-19(23)4)26(32)24-25(20-9-12-22(29)13-10-20)31(28(34)27(24)33)16-15-30(6-2)7-3/h9-14,18,25,32H,5-8,15-17H2,1-4H3/t25-/m1/s1. The number of nitrogens with zero attached hydrogens (tertiary/aromatic N) is 2. The van der Waals surface area contributed by atoms with Gasteiger partial charge < -0.3 is 19.6 Å². The number of amides is 1. The Morgan fingerprint density at radius 2 is 1.77 bits per heavy atom. The number of halogens is 1. The molecule has 6 nitrogen and oxygen atoms in total. The van der Waals surface area contributed by atoms with E-state index < -0.39 is 17.7 Å². The number of ketones is 1. The Balaban J connectivity index is 2.03. The van der Waals surface area contributed by atoms with Crippen molar-refractivity contribution < 1.29 is 19.4 Å². The van der Waals surface area contributed by atoms with E-state index in [2.05, 4.69) is 25.7 Å². The minimum atomic E-state index is -0.691. The number of Topliss-reactive ketones (excluding diaryl/α,β-unsaturated/α-hetero) is 1. The maximum atomic E-state index is 13.2. The number of unbranched alkanes of at least 4 members (excludes halogenated alkanes) is 1. The molecule has 35 heavy (non-hydrogen) atoms. The molecule has 0 aromatic heterocycles. The lowest BCUT2D eigenvalue weighted by Gasteiger charge is -2.28. The molecule has 2 aromatic rings. The first-order valence-corrected chi connectivity index (χ1v) is 12.7. The number of carbonyl (C=O) groups excluding carboxylic acids is 2. The average Bonchev–Trinajstić information content (AvgIpc) is 3.10. The number of hydrogen-bond acceptors (Lipinski definition) is 5. The Morgan fingerprint density at radius 1 is 1.09 bits per heavy atom. The Morgan fingerprint density at radius 3 is 2.37 bits per heavy atom. The Hall–Kier alpha value is -2.83. The fourth-order valence-electron chi connectivity index (χ4n) is 4.33. The molecule has 0 aliphatic carbocycles. The SMILES string of the molecule is CCCCOc1ccc(C(O)=C2C(=O)C(=O)N(CCN(CC)CC)[C@@H]2c2ccc(Cl)cc2)cc1C. The third-order valence-electron chi connectivity index (χ3n) is 6.48. The van der Waals surface area contributed by atoms with E-state index in [0.29, 0.717) is 30.3 Å². The van der Waals surface area contributed by atoms with Gasteiger partial charge >= 0.3 is 0 Å². The highest BCUT2D eigenvalue weighted by Gasteiger charge is 2.46. The van der Waals surface area contributed by atoms with Gasteiger partial charge in [-0.2, -0.15) is 0 Å². The Labute approximate surface area is 213 Å². The van der Waals surface area contributed by atoms with E-state index in [0.717, 1.165) is 42.8 Å². The summed E-state index contributed by atoms with van der Waals surface area (Å²) in [5, 5.41) is 11.9. The van der Waals surface area contributed by atoms with Gasteiger partial charge in [0.05, 0.1) is 18.2 Å². The lowest BCUT2D eigenvalue weighted by molar-refractivity contribution is -0.140. The quantitative estimate of drug-likeness (QED) is 0.189. The molecule has 0 spiro atoms. The lowest BCUT2D eigenvalue weighted by atomic mass is 9.95. The van der Waals surface area contributed by atoms with Gasteiger partial charge in [0.1, 0.15) is 11.5 Å². The van der Waals surface area contributed by atoms with E-state index in [4.69, 9.17) is 16.3 Å². The second-order valence-electron chi connectivity index (χ2n) is 8.75. The number of likely N-dealkylation sites (N-methyl/N-ethyl adjacent to an activating group) is 1. The van der Waals surface area contributed by atoms with Crippen molar-refractivity contribution in [1.29, 1.82) is 0 Å². The molecule has 7 heteroatoms. The fourth-order valence-corrected chi connectivity index (χ4v) is 4.46. The summed E-state index contributed by atoms with van der Waals surface area (Å²) in [6.45, 7) is 11.4. The lowest BCUT2D eigenvalue weighted by Crippen LogP contribution is -2.38. The monoisotopic (exact) mass is 498 g/mol. The fraction of sp³-hybridized carbons (Fsp3) is 0.429. The third kappa shape index (κ3) is 6.06. The molecule has 1 atom stereocenters. The van der Waals surface area contributed by atoms with Gasteiger partial charge in [-0.3, -0.25) is 9.59 Å². The first-order chi connectivity index (χ1) is 16.8. The van der Waals surface area contributed by atoms with E-state index in [-0.39, 0.29) is 11.3 Å². The summed E-state index contributed by atoms with van der Waals surface area (Å²) in [4.78, 5) is 30.1. The van der Waals surface area contributed by atoms with Crippen molar-refractivity contribution in [3.8, 4) is 5.75 Å². The van der Waals surface area contributed by atoms with Crippen molar-refractivity contribution in [2.24, 2.45) is 0 Å². The van der Waals surface area contributed by atoms with Crippen molar-refractivity contribution in [2.45, 2.75) is 46.6 Å². The third-order valence-corrected chi connectivity index (χ3v) is 6.73. The van der Waals surface area contributed by atoms with Crippen LogP contribution in [-0.4, -0.2) is 59.4 Å². The van der Waals surface area contributed by atoms with Gasteiger partial charge in [-0.1, -0.05) is 50.9 Å². The van der Waals surface area contributed by atoms with Crippen molar-refractivity contribution >= 4 is 29.1 Å². The van der Waals surface area contributed by atoms with Gasteiger partial charge in [0.25, 0.3) is 11.7 Å². The van der Waals surface area contributed by atoms with E-state index in [1.54, 1.807) is 47.4 Å². The van der Waals surface area contributed by atoms with Gasteiger partial charge in [-0.05, 0) is 67.9 Å². The van der Waals surface area contributed by atoms with Crippen LogP contribution in [0.3, 0.4) is 0 Å². The minimum absolute atomic E-state index is 0.0934. The molecule has 1 aliphatic heterocycles. The predicted molar refractivity (Wildman–Crippen MR) is 140 cm³/mol. The summed E-state index contributed by atoms with van der Waals surface area (Å²) in [5.74, 6) is -0.724. The van der Waals surface area contributed by atoms with Crippen LogP contribution in [0.5, 0.6) is 5.75 Å². The highest BCUT2D eigenvalue weighted by Crippen LogP contribution is 2.40. The normalized spacial score (nSPS) is 17.4. The van der Waals surface area contributed by atoms with Crippen LogP contribution in [0, 0.1) is 6.92 Å². The zero-order valence-electron chi connectivity index (χ0n) is 21.0. The molecular weight excluding hydrogens is 464 g/mol. The highest BCUT2D eigenvalue weighted by atomic mass is 35.5. The predicted octanol–water partition coefficient (Wildman–Crippen LogP) is 5.59. The summed E-state index contributed by atoms with van der Waals surface area (Å²) in [5.41, 5.74) is 2.15. The number of ether oxygens (including phenoxy) is 1. The molecule has 1 saturated heterocycles. The van der Waals surface area contributed by atoms with Crippen molar-refractivity contribution in [3.05, 3.63) is 69.8 Å². The summed E-state index contributed by atoms with van der Waals surface area (Å²) in [7, 11) is 0. The van der Waals surface area contributed by atoms with Gasteiger partial charge in [-0.15, -0.1) is 0 Å². The van der Waals surface area contributed by atoms with E-state index in [1.165, 1.54) is 0 Å². The molecule has 1 amide bonds. The maximum absolute atomic E-state index is 13.2. The summed E-state index contributed by atoms with van der Waals surface area (Å²) >= 11 is 6.10. The molecule has 2 aromatic carbocycles. The molecule has 1 N–H and O–H groups in total. The van der Waals surface area contributed by atoms with Crippen LogP contribution >= 0.6 is 11.6 Å². The second kappa shape index (κ2) is 12.2. The van der Waals surface area contributed by atoms with Gasteiger partial charge in [-0.25, -0.2) is 0 Å². The van der Waals surface area contributed by atoms with Crippen LogP contribution in [0.25, 0.3) is 5.76 Å². The highest BCUT2D eigenvalue weighted by molar-refractivity contribution is 6.46. The largest absolute Gasteiger partial charge is 0.507 e. The molecule has 1 fully saturated rings. The number of likely N-dealkylation sites (tertiary alicyclic amines) is 1. The smallest absolute Gasteiger partial charge is 0.295 e. The number of aliphatic hydroxyl groups excluding tert-OH is 1. The van der Waals surface area contributed by atoms with E-state index in [9.17, 15) is 14.7 Å². The first kappa shape index (κ1) is 26.8. The van der Waals surface area contributed by atoms with Crippen molar-refractivity contribution in [2.75, 3.05) is 32.8 Å². The summed E-state index contributed by atoms with van der Waals surface area (Å²) in [6.07, 6.45) is 2.00. The topological polar surface area (TPSA) is 70.1 Å². The molecule has 0 unspecified atom stereocenters.